The van der Waals surface area contributed by atoms with Crippen molar-refractivity contribution in [2.75, 3.05) is 11.1 Å². The van der Waals surface area contributed by atoms with Crippen LogP contribution in [0.3, 0.4) is 0 Å². The third-order valence-corrected chi connectivity index (χ3v) is 3.39. The Morgan fingerprint density at radius 1 is 1.19 bits per heavy atom. The number of nitrogen functional groups attached to an aromatic ring is 1. The first-order valence-corrected chi connectivity index (χ1v) is 7.09. The van der Waals surface area contributed by atoms with Crippen LogP contribution >= 0.6 is 0 Å². The molecule has 0 aliphatic heterocycles. The Kier molecular flexibility index (Phi) is 4.82. The van der Waals surface area contributed by atoms with Crippen LogP contribution in [0.15, 0.2) is 42.5 Å². The Labute approximate surface area is 124 Å². The Morgan fingerprint density at radius 3 is 2.52 bits per heavy atom. The number of anilines is 3. The zero-order valence-electron chi connectivity index (χ0n) is 12.1. The molecular formula is C17H20N2O2. The van der Waals surface area contributed by atoms with Crippen LogP contribution in [0.25, 0.3) is 0 Å². The van der Waals surface area contributed by atoms with Gasteiger partial charge in [-0.05, 0) is 42.7 Å². The fraction of sp³-hybridized carbons (Fsp3) is 0.235. The highest BCUT2D eigenvalue weighted by Crippen LogP contribution is 2.26. The molecule has 4 heteroatoms. The number of nitrogens with one attached hydrogen (secondary N) is 1. The van der Waals surface area contributed by atoms with Crippen LogP contribution in [0.2, 0.25) is 0 Å². The fourth-order valence-electron chi connectivity index (χ4n) is 2.15. The molecule has 2 aromatic rings. The van der Waals surface area contributed by atoms with Crippen molar-refractivity contribution in [2.24, 2.45) is 0 Å². The summed E-state index contributed by atoms with van der Waals surface area (Å²) in [5.41, 5.74) is 9.05. The number of hydrogen-bond donors (Lipinski definition) is 3. The molecule has 2 aromatic carbocycles. The van der Waals surface area contributed by atoms with Crippen molar-refractivity contribution < 1.29 is 9.90 Å². The van der Waals surface area contributed by atoms with Gasteiger partial charge in [0.2, 0.25) is 0 Å². The van der Waals surface area contributed by atoms with E-state index in [-0.39, 0.29) is 11.3 Å². The molecule has 0 heterocycles. The van der Waals surface area contributed by atoms with Gasteiger partial charge >= 0.3 is 5.97 Å². The van der Waals surface area contributed by atoms with Crippen LogP contribution in [0.1, 0.15) is 35.7 Å². The summed E-state index contributed by atoms with van der Waals surface area (Å²) in [5.74, 6) is -1.02. The summed E-state index contributed by atoms with van der Waals surface area (Å²) in [7, 11) is 0. The van der Waals surface area contributed by atoms with E-state index >= 15 is 0 Å². The van der Waals surface area contributed by atoms with Gasteiger partial charge in [0.1, 0.15) is 0 Å². The monoisotopic (exact) mass is 284 g/mol. The molecule has 0 saturated heterocycles. The fourth-order valence-corrected chi connectivity index (χ4v) is 2.15. The van der Waals surface area contributed by atoms with Gasteiger partial charge in [-0.2, -0.15) is 0 Å². The summed E-state index contributed by atoms with van der Waals surface area (Å²) in [6.45, 7) is 2.17. The van der Waals surface area contributed by atoms with Gasteiger partial charge in [0.05, 0.1) is 16.9 Å². The Morgan fingerprint density at radius 2 is 1.90 bits per heavy atom. The van der Waals surface area contributed by atoms with Gasteiger partial charge in [0.15, 0.2) is 0 Å². The first-order chi connectivity index (χ1) is 10.1. The molecule has 2 rings (SSSR count). The number of rotatable bonds is 6. The van der Waals surface area contributed by atoms with E-state index in [2.05, 4.69) is 24.4 Å². The summed E-state index contributed by atoms with van der Waals surface area (Å²) < 4.78 is 0. The number of carboxylic acids is 1. The first-order valence-electron chi connectivity index (χ1n) is 7.09. The molecule has 0 aliphatic rings. The van der Waals surface area contributed by atoms with Crippen molar-refractivity contribution in [3.63, 3.8) is 0 Å². The zero-order chi connectivity index (χ0) is 15.2. The van der Waals surface area contributed by atoms with Crippen LogP contribution in [0.4, 0.5) is 17.1 Å². The average molecular weight is 284 g/mol. The second-order valence-electron chi connectivity index (χ2n) is 5.00. The molecule has 0 unspecified atom stereocenters. The molecule has 0 saturated carbocycles. The number of hydrogen-bond acceptors (Lipinski definition) is 3. The minimum atomic E-state index is -1.02. The summed E-state index contributed by atoms with van der Waals surface area (Å²) in [6, 6.07) is 13.1. The van der Waals surface area contributed by atoms with Crippen LogP contribution in [-0.4, -0.2) is 11.1 Å². The lowest BCUT2D eigenvalue weighted by Crippen LogP contribution is -2.05. The van der Waals surface area contributed by atoms with E-state index in [0.29, 0.717) is 5.69 Å². The first kappa shape index (κ1) is 14.9. The van der Waals surface area contributed by atoms with E-state index < -0.39 is 5.97 Å². The smallest absolute Gasteiger partial charge is 0.337 e. The van der Waals surface area contributed by atoms with Crippen LogP contribution in [-0.2, 0) is 6.42 Å². The molecule has 0 aromatic heterocycles. The molecule has 0 bridgehead atoms. The molecule has 0 radical (unpaired) electrons. The highest BCUT2D eigenvalue weighted by Gasteiger charge is 2.10. The van der Waals surface area contributed by atoms with E-state index in [1.807, 2.05) is 12.1 Å². The summed E-state index contributed by atoms with van der Waals surface area (Å²) in [6.07, 6.45) is 3.44. The molecule has 0 spiro atoms. The van der Waals surface area contributed by atoms with Crippen LogP contribution in [0, 0.1) is 0 Å². The predicted octanol–water partition coefficient (Wildman–Crippen LogP) is 4.05. The standard InChI is InChI=1S/C17H20N2O2/c1-2-3-5-12-8-10-13(11-9-12)19-15-7-4-6-14(16(15)18)17(20)21/h4,6-11,19H,2-3,5,18H2,1H3,(H,20,21). The lowest BCUT2D eigenvalue weighted by atomic mass is 10.1. The van der Waals surface area contributed by atoms with Crippen molar-refractivity contribution in [3.8, 4) is 0 Å². The van der Waals surface area contributed by atoms with Crippen molar-refractivity contribution in [1.82, 2.24) is 0 Å². The third-order valence-electron chi connectivity index (χ3n) is 3.39. The van der Waals surface area contributed by atoms with Gasteiger partial charge in [-0.25, -0.2) is 4.79 Å². The lowest BCUT2D eigenvalue weighted by Gasteiger charge is -2.11. The normalized spacial score (nSPS) is 10.3. The largest absolute Gasteiger partial charge is 0.478 e. The number of nitrogens with two attached hydrogens (primary N) is 1. The molecule has 4 N–H and O–H groups in total. The summed E-state index contributed by atoms with van der Waals surface area (Å²) in [4.78, 5) is 11.1. The maximum atomic E-state index is 11.1. The maximum absolute atomic E-state index is 11.1. The van der Waals surface area contributed by atoms with Gasteiger partial charge in [0.25, 0.3) is 0 Å². The van der Waals surface area contributed by atoms with Crippen molar-refractivity contribution in [2.45, 2.75) is 26.2 Å². The van der Waals surface area contributed by atoms with Crippen LogP contribution in [0.5, 0.6) is 0 Å². The molecule has 0 fully saturated rings. The molecule has 0 aliphatic carbocycles. The van der Waals surface area contributed by atoms with E-state index in [9.17, 15) is 4.79 Å². The van der Waals surface area contributed by atoms with Gasteiger partial charge in [-0.3, -0.25) is 0 Å². The van der Waals surface area contributed by atoms with E-state index in [1.54, 1.807) is 12.1 Å². The molecular weight excluding hydrogens is 264 g/mol. The minimum absolute atomic E-state index is 0.111. The number of unbranched alkanes of at least 4 members (excludes halogenated alkanes) is 1. The summed E-state index contributed by atoms with van der Waals surface area (Å²) >= 11 is 0. The van der Waals surface area contributed by atoms with Crippen molar-refractivity contribution in [3.05, 3.63) is 53.6 Å². The molecule has 0 amide bonds. The SMILES string of the molecule is CCCCc1ccc(Nc2cccc(C(=O)O)c2N)cc1. The van der Waals surface area contributed by atoms with Gasteiger partial charge < -0.3 is 16.2 Å². The van der Waals surface area contributed by atoms with Gasteiger partial charge in [-0.15, -0.1) is 0 Å². The number of para-hydroxylation sites is 1. The second-order valence-corrected chi connectivity index (χ2v) is 5.00. The average Bonchev–Trinajstić information content (AvgIpc) is 2.48. The molecule has 110 valence electrons. The Hall–Kier alpha value is -2.49. The number of carbonyl (C=O) groups is 1. The third kappa shape index (κ3) is 3.75. The van der Waals surface area contributed by atoms with E-state index in [0.717, 1.165) is 12.1 Å². The second kappa shape index (κ2) is 6.79. The predicted molar refractivity (Wildman–Crippen MR) is 86.2 cm³/mol. The lowest BCUT2D eigenvalue weighted by molar-refractivity contribution is 0.0698. The van der Waals surface area contributed by atoms with E-state index in [1.165, 1.54) is 24.5 Å². The quantitative estimate of drug-likeness (QED) is 0.699. The maximum Gasteiger partial charge on any atom is 0.337 e. The Balaban J connectivity index is 2.15. The zero-order valence-corrected chi connectivity index (χ0v) is 12.1. The minimum Gasteiger partial charge on any atom is -0.478 e. The highest BCUT2D eigenvalue weighted by atomic mass is 16.4. The number of aryl methyl sites for hydroxylation is 1. The molecule has 4 nitrogen and oxygen atoms in total. The molecule has 0 atom stereocenters. The highest BCUT2D eigenvalue weighted by molar-refractivity contribution is 5.97. The molecule has 21 heavy (non-hydrogen) atoms. The topological polar surface area (TPSA) is 75.3 Å². The van der Waals surface area contributed by atoms with Crippen LogP contribution < -0.4 is 11.1 Å². The van der Waals surface area contributed by atoms with Crippen molar-refractivity contribution in [1.29, 1.82) is 0 Å². The number of carboxylic acid groups (broad SMARTS) is 1. The number of aromatic carboxylic acids is 1. The van der Waals surface area contributed by atoms with Gasteiger partial charge in [0, 0.05) is 5.69 Å². The Bertz CT molecular complexity index is 621. The van der Waals surface area contributed by atoms with Crippen molar-refractivity contribution >= 4 is 23.0 Å². The summed E-state index contributed by atoms with van der Waals surface area (Å²) in [5, 5.41) is 12.2. The van der Waals surface area contributed by atoms with E-state index in [4.69, 9.17) is 10.8 Å². The number of benzene rings is 2. The van der Waals surface area contributed by atoms with Gasteiger partial charge in [-0.1, -0.05) is 31.5 Å².